The summed E-state index contributed by atoms with van der Waals surface area (Å²) in [4.78, 5) is 15.5. The van der Waals surface area contributed by atoms with Gasteiger partial charge in [0.05, 0.1) is 11.6 Å². The molecule has 1 unspecified atom stereocenters. The number of carbonyl (C=O) groups is 1. The minimum atomic E-state index is -0.278. The number of hydrogen-bond donors (Lipinski definition) is 1. The molecule has 2 N–H and O–H groups in total. The number of aromatic nitrogens is 1. The Hall–Kier alpha value is -1.38. The van der Waals surface area contributed by atoms with E-state index in [1.165, 1.54) is 0 Å². The lowest BCUT2D eigenvalue weighted by Gasteiger charge is -2.12. The monoisotopic (exact) mass is 206 g/mol. The molecule has 1 heterocycles. The Morgan fingerprint density at radius 3 is 2.73 bits per heavy atom. The SMILES string of the molecule is CCCCC(C(N)=O)c1ccc(C)cn1. The van der Waals surface area contributed by atoms with Gasteiger partial charge in [-0.05, 0) is 25.0 Å². The van der Waals surface area contributed by atoms with E-state index in [1.807, 2.05) is 19.1 Å². The minimum absolute atomic E-state index is 0.231. The van der Waals surface area contributed by atoms with E-state index in [2.05, 4.69) is 11.9 Å². The quantitative estimate of drug-likeness (QED) is 0.802. The highest BCUT2D eigenvalue weighted by molar-refractivity contribution is 5.81. The zero-order chi connectivity index (χ0) is 11.3. The predicted octanol–water partition coefficient (Wildman–Crippen LogP) is 2.15. The molecule has 0 aliphatic rings. The molecule has 1 aromatic heterocycles. The molecular formula is C12H18N2O. The maximum atomic E-state index is 11.3. The van der Waals surface area contributed by atoms with Crippen LogP contribution in [0.4, 0.5) is 0 Å². The molecule has 0 fully saturated rings. The van der Waals surface area contributed by atoms with Crippen LogP contribution in [0.1, 0.15) is 43.4 Å². The van der Waals surface area contributed by atoms with E-state index >= 15 is 0 Å². The smallest absolute Gasteiger partial charge is 0.226 e. The summed E-state index contributed by atoms with van der Waals surface area (Å²) in [5.74, 6) is -0.509. The highest BCUT2D eigenvalue weighted by atomic mass is 16.1. The molecule has 1 aromatic rings. The van der Waals surface area contributed by atoms with E-state index < -0.39 is 0 Å². The summed E-state index contributed by atoms with van der Waals surface area (Å²) in [6.45, 7) is 4.07. The third-order valence-electron chi connectivity index (χ3n) is 2.48. The molecular weight excluding hydrogens is 188 g/mol. The van der Waals surface area contributed by atoms with Crippen LogP contribution >= 0.6 is 0 Å². The van der Waals surface area contributed by atoms with Crippen LogP contribution in [0.25, 0.3) is 0 Å². The maximum Gasteiger partial charge on any atom is 0.226 e. The van der Waals surface area contributed by atoms with Crippen LogP contribution in [0.15, 0.2) is 18.3 Å². The number of unbranched alkanes of at least 4 members (excludes halogenated alkanes) is 1. The summed E-state index contributed by atoms with van der Waals surface area (Å²) in [7, 11) is 0. The van der Waals surface area contributed by atoms with Gasteiger partial charge in [-0.2, -0.15) is 0 Å². The lowest BCUT2D eigenvalue weighted by atomic mass is 9.97. The average Bonchev–Trinajstić information content (AvgIpc) is 2.21. The molecule has 0 spiro atoms. The standard InChI is InChI=1S/C12H18N2O/c1-3-4-5-10(12(13)15)11-7-6-9(2)8-14-11/h6-8,10H,3-5H2,1-2H3,(H2,13,15). The van der Waals surface area contributed by atoms with Gasteiger partial charge in [0.15, 0.2) is 0 Å². The first kappa shape index (κ1) is 11.7. The Labute approximate surface area is 90.7 Å². The lowest BCUT2D eigenvalue weighted by Crippen LogP contribution is -2.22. The lowest BCUT2D eigenvalue weighted by molar-refractivity contribution is -0.119. The van der Waals surface area contributed by atoms with Crippen molar-refractivity contribution in [1.82, 2.24) is 4.98 Å². The number of rotatable bonds is 5. The first-order valence-electron chi connectivity index (χ1n) is 5.37. The Balaban J connectivity index is 2.79. The van der Waals surface area contributed by atoms with Gasteiger partial charge in [0.25, 0.3) is 0 Å². The number of pyridine rings is 1. The normalized spacial score (nSPS) is 12.4. The number of carbonyl (C=O) groups excluding carboxylic acids is 1. The van der Waals surface area contributed by atoms with Gasteiger partial charge in [-0.1, -0.05) is 25.8 Å². The summed E-state index contributed by atoms with van der Waals surface area (Å²) < 4.78 is 0. The van der Waals surface area contributed by atoms with Gasteiger partial charge in [-0.15, -0.1) is 0 Å². The van der Waals surface area contributed by atoms with Gasteiger partial charge < -0.3 is 5.73 Å². The summed E-state index contributed by atoms with van der Waals surface area (Å²) in [6.07, 6.45) is 4.64. The van der Waals surface area contributed by atoms with E-state index in [9.17, 15) is 4.79 Å². The van der Waals surface area contributed by atoms with E-state index in [0.29, 0.717) is 0 Å². The minimum Gasteiger partial charge on any atom is -0.369 e. The summed E-state index contributed by atoms with van der Waals surface area (Å²) in [5.41, 5.74) is 7.26. The molecule has 0 bridgehead atoms. The van der Waals surface area contributed by atoms with Crippen LogP contribution in [-0.2, 0) is 4.79 Å². The third kappa shape index (κ3) is 3.35. The van der Waals surface area contributed by atoms with Gasteiger partial charge in [-0.3, -0.25) is 9.78 Å². The molecule has 82 valence electrons. The van der Waals surface area contributed by atoms with Gasteiger partial charge in [0.1, 0.15) is 0 Å². The van der Waals surface area contributed by atoms with Crippen molar-refractivity contribution >= 4 is 5.91 Å². The van der Waals surface area contributed by atoms with Crippen molar-refractivity contribution in [2.45, 2.75) is 39.0 Å². The Morgan fingerprint density at radius 2 is 2.27 bits per heavy atom. The molecule has 15 heavy (non-hydrogen) atoms. The number of primary amides is 1. The Bertz CT molecular complexity index is 319. The highest BCUT2D eigenvalue weighted by Gasteiger charge is 2.17. The zero-order valence-corrected chi connectivity index (χ0v) is 9.36. The van der Waals surface area contributed by atoms with E-state index in [4.69, 9.17) is 5.73 Å². The van der Waals surface area contributed by atoms with Gasteiger partial charge >= 0.3 is 0 Å². The molecule has 0 radical (unpaired) electrons. The van der Waals surface area contributed by atoms with Crippen molar-refractivity contribution in [2.75, 3.05) is 0 Å². The molecule has 0 saturated carbocycles. The summed E-state index contributed by atoms with van der Waals surface area (Å²) in [6, 6.07) is 3.85. The largest absolute Gasteiger partial charge is 0.369 e. The second-order valence-electron chi connectivity index (χ2n) is 3.86. The van der Waals surface area contributed by atoms with Gasteiger partial charge in [-0.25, -0.2) is 0 Å². The average molecular weight is 206 g/mol. The third-order valence-corrected chi connectivity index (χ3v) is 2.48. The second kappa shape index (κ2) is 5.49. The first-order chi connectivity index (χ1) is 7.15. The van der Waals surface area contributed by atoms with Crippen LogP contribution in [-0.4, -0.2) is 10.9 Å². The maximum absolute atomic E-state index is 11.3. The van der Waals surface area contributed by atoms with Crippen molar-refractivity contribution in [2.24, 2.45) is 5.73 Å². The van der Waals surface area contributed by atoms with Crippen LogP contribution in [0.5, 0.6) is 0 Å². The molecule has 3 heteroatoms. The molecule has 0 saturated heterocycles. The topological polar surface area (TPSA) is 56.0 Å². The number of hydrogen-bond acceptors (Lipinski definition) is 2. The molecule has 0 aromatic carbocycles. The van der Waals surface area contributed by atoms with Gasteiger partial charge in [0.2, 0.25) is 5.91 Å². The van der Waals surface area contributed by atoms with Crippen molar-refractivity contribution in [1.29, 1.82) is 0 Å². The molecule has 3 nitrogen and oxygen atoms in total. The van der Waals surface area contributed by atoms with Crippen molar-refractivity contribution in [3.63, 3.8) is 0 Å². The summed E-state index contributed by atoms with van der Waals surface area (Å²) in [5, 5.41) is 0. The van der Waals surface area contributed by atoms with E-state index in [-0.39, 0.29) is 11.8 Å². The molecule has 0 aliphatic carbocycles. The fourth-order valence-corrected chi connectivity index (χ4v) is 1.53. The first-order valence-corrected chi connectivity index (χ1v) is 5.37. The Kier molecular flexibility index (Phi) is 4.28. The number of aryl methyl sites for hydroxylation is 1. The van der Waals surface area contributed by atoms with E-state index in [0.717, 1.165) is 30.5 Å². The number of nitrogens with two attached hydrogens (primary N) is 1. The van der Waals surface area contributed by atoms with Crippen molar-refractivity contribution in [3.05, 3.63) is 29.6 Å². The number of amides is 1. The van der Waals surface area contributed by atoms with Crippen LogP contribution in [0.2, 0.25) is 0 Å². The predicted molar refractivity (Wildman–Crippen MR) is 60.4 cm³/mol. The second-order valence-corrected chi connectivity index (χ2v) is 3.86. The molecule has 0 aliphatic heterocycles. The fourth-order valence-electron chi connectivity index (χ4n) is 1.53. The van der Waals surface area contributed by atoms with Crippen LogP contribution < -0.4 is 5.73 Å². The Morgan fingerprint density at radius 1 is 1.53 bits per heavy atom. The zero-order valence-electron chi connectivity index (χ0n) is 9.36. The van der Waals surface area contributed by atoms with E-state index in [1.54, 1.807) is 6.20 Å². The summed E-state index contributed by atoms with van der Waals surface area (Å²) >= 11 is 0. The van der Waals surface area contributed by atoms with Crippen molar-refractivity contribution < 1.29 is 4.79 Å². The van der Waals surface area contributed by atoms with Crippen molar-refractivity contribution in [3.8, 4) is 0 Å². The molecule has 1 rings (SSSR count). The fraction of sp³-hybridized carbons (Fsp3) is 0.500. The molecule has 1 amide bonds. The van der Waals surface area contributed by atoms with Crippen LogP contribution in [0, 0.1) is 6.92 Å². The number of nitrogens with zero attached hydrogens (tertiary/aromatic N) is 1. The highest BCUT2D eigenvalue weighted by Crippen LogP contribution is 2.19. The van der Waals surface area contributed by atoms with Crippen LogP contribution in [0.3, 0.4) is 0 Å². The van der Waals surface area contributed by atoms with Gasteiger partial charge in [0, 0.05) is 6.20 Å². The molecule has 1 atom stereocenters.